The number of carbonyl (C=O) groups is 1. The van der Waals surface area contributed by atoms with Crippen molar-refractivity contribution in [3.63, 3.8) is 0 Å². The van der Waals surface area contributed by atoms with E-state index in [4.69, 9.17) is 4.74 Å². The lowest BCUT2D eigenvalue weighted by atomic mass is 10.2. The lowest BCUT2D eigenvalue weighted by Gasteiger charge is -2.20. The number of hydrogen-bond acceptors (Lipinski definition) is 7. The average Bonchev–Trinajstić information content (AvgIpc) is 3.10. The quantitative estimate of drug-likeness (QED) is 0.604. The third kappa shape index (κ3) is 6.00. The molecule has 0 fully saturated rings. The number of rotatable bonds is 8. The highest BCUT2D eigenvalue weighted by molar-refractivity contribution is 7.13. The molecule has 29 heavy (non-hydrogen) atoms. The molecule has 2 heterocycles. The summed E-state index contributed by atoms with van der Waals surface area (Å²) in [5, 5.41) is 5.92. The number of aryl methyl sites for hydroxylation is 1. The van der Waals surface area contributed by atoms with E-state index in [0.29, 0.717) is 29.4 Å². The maximum atomic E-state index is 12.6. The molecule has 1 amide bonds. The topological polar surface area (TPSA) is 70.6 Å². The molecule has 0 spiro atoms. The number of ether oxygens (including phenoxy) is 1. The van der Waals surface area contributed by atoms with Gasteiger partial charge in [-0.1, -0.05) is 6.07 Å². The molecular weight excluding hydrogens is 386 g/mol. The maximum Gasteiger partial charge on any atom is 0.253 e. The second kappa shape index (κ2) is 9.49. The van der Waals surface area contributed by atoms with Crippen LogP contribution in [0, 0.1) is 6.92 Å². The van der Waals surface area contributed by atoms with E-state index in [1.165, 1.54) is 11.3 Å². The predicted octanol–water partition coefficient (Wildman–Crippen LogP) is 4.02. The molecule has 0 atom stereocenters. The number of anilines is 2. The van der Waals surface area contributed by atoms with Gasteiger partial charge in [0.15, 0.2) is 5.13 Å². The van der Waals surface area contributed by atoms with Crippen LogP contribution in [0.15, 0.2) is 48.0 Å². The molecule has 152 valence electrons. The number of carbonyl (C=O) groups excluding carboxylic acids is 1. The summed E-state index contributed by atoms with van der Waals surface area (Å²) in [7, 11) is 5.78. The minimum Gasteiger partial charge on any atom is -0.457 e. The van der Waals surface area contributed by atoms with Crippen molar-refractivity contribution < 1.29 is 9.53 Å². The van der Waals surface area contributed by atoms with Crippen LogP contribution in [0.2, 0.25) is 0 Å². The molecule has 0 saturated heterocycles. The van der Waals surface area contributed by atoms with Crippen molar-refractivity contribution in [2.24, 2.45) is 0 Å². The van der Waals surface area contributed by atoms with E-state index in [1.54, 1.807) is 42.4 Å². The number of likely N-dealkylation sites (N-methyl/N-ethyl adjacent to an activating group) is 2. The Kier molecular flexibility index (Phi) is 6.79. The zero-order valence-electron chi connectivity index (χ0n) is 17.0. The van der Waals surface area contributed by atoms with Gasteiger partial charge in [-0.2, -0.15) is 0 Å². The highest BCUT2D eigenvalue weighted by Gasteiger charge is 2.13. The highest BCUT2D eigenvalue weighted by atomic mass is 32.1. The Morgan fingerprint density at radius 3 is 2.66 bits per heavy atom. The largest absolute Gasteiger partial charge is 0.457 e. The molecule has 1 N–H and O–H groups in total. The number of aromatic nitrogens is 2. The Morgan fingerprint density at radius 2 is 1.93 bits per heavy atom. The number of amides is 1. The van der Waals surface area contributed by atoms with E-state index < -0.39 is 0 Å². The van der Waals surface area contributed by atoms with Gasteiger partial charge in [0, 0.05) is 43.3 Å². The second-order valence-corrected chi connectivity index (χ2v) is 7.81. The molecule has 0 saturated carbocycles. The zero-order chi connectivity index (χ0) is 20.8. The van der Waals surface area contributed by atoms with Gasteiger partial charge in [0.1, 0.15) is 17.3 Å². The van der Waals surface area contributed by atoms with Gasteiger partial charge in [-0.25, -0.2) is 9.97 Å². The number of benzene rings is 1. The Morgan fingerprint density at radius 1 is 1.14 bits per heavy atom. The van der Waals surface area contributed by atoms with Gasteiger partial charge in [-0.15, -0.1) is 11.3 Å². The van der Waals surface area contributed by atoms with Gasteiger partial charge in [-0.3, -0.25) is 4.79 Å². The summed E-state index contributed by atoms with van der Waals surface area (Å²) in [4.78, 5) is 25.1. The van der Waals surface area contributed by atoms with Crippen LogP contribution < -0.4 is 10.1 Å². The van der Waals surface area contributed by atoms with Crippen LogP contribution in [0.1, 0.15) is 16.1 Å². The monoisotopic (exact) mass is 411 g/mol. The molecule has 2 aromatic heterocycles. The number of nitrogens with one attached hydrogen (secondary N) is 1. The third-order valence-corrected chi connectivity index (χ3v) is 5.01. The van der Waals surface area contributed by atoms with E-state index in [2.05, 4.69) is 15.3 Å². The molecule has 0 aliphatic heterocycles. The summed E-state index contributed by atoms with van der Waals surface area (Å²) in [5.41, 5.74) is 1.55. The summed E-state index contributed by atoms with van der Waals surface area (Å²) in [6.07, 6.45) is 1.67. The van der Waals surface area contributed by atoms with E-state index in [0.717, 1.165) is 17.4 Å². The highest BCUT2D eigenvalue weighted by Crippen LogP contribution is 2.26. The van der Waals surface area contributed by atoms with Gasteiger partial charge >= 0.3 is 0 Å². The molecule has 0 aliphatic carbocycles. The summed E-state index contributed by atoms with van der Waals surface area (Å²) in [6.45, 7) is 3.41. The van der Waals surface area contributed by atoms with Crippen molar-refractivity contribution in [3.8, 4) is 11.5 Å². The summed E-state index contributed by atoms with van der Waals surface area (Å²) < 4.78 is 5.95. The van der Waals surface area contributed by atoms with Gasteiger partial charge in [0.05, 0.1) is 5.69 Å². The first-order valence-corrected chi connectivity index (χ1v) is 10.1. The van der Waals surface area contributed by atoms with Crippen molar-refractivity contribution in [2.75, 3.05) is 39.5 Å². The SMILES string of the molecule is Cc1csc(Nc2cc(Oc3cccc(C(=O)N(C)CCN(C)C)c3)ccn2)n1. The van der Waals surface area contributed by atoms with Gasteiger partial charge in [-0.05, 0) is 45.3 Å². The van der Waals surface area contributed by atoms with Crippen LogP contribution in [0.5, 0.6) is 11.5 Å². The van der Waals surface area contributed by atoms with Gasteiger partial charge < -0.3 is 19.9 Å². The zero-order valence-corrected chi connectivity index (χ0v) is 17.9. The number of thiazole rings is 1. The van der Waals surface area contributed by atoms with E-state index >= 15 is 0 Å². The fourth-order valence-corrected chi connectivity index (χ4v) is 3.26. The Bertz CT molecular complexity index is 973. The fraction of sp³-hybridized carbons (Fsp3) is 0.286. The molecule has 0 bridgehead atoms. The average molecular weight is 412 g/mol. The third-order valence-electron chi connectivity index (χ3n) is 4.13. The number of pyridine rings is 1. The lowest BCUT2D eigenvalue weighted by Crippen LogP contribution is -2.33. The van der Waals surface area contributed by atoms with Crippen molar-refractivity contribution in [2.45, 2.75) is 6.92 Å². The molecular formula is C21H25N5O2S. The molecule has 0 radical (unpaired) electrons. The Labute approximate surface area is 175 Å². The van der Waals surface area contributed by atoms with Crippen LogP contribution in [0.4, 0.5) is 10.9 Å². The first kappa shape index (κ1) is 20.8. The minimum atomic E-state index is -0.0338. The van der Waals surface area contributed by atoms with Crippen molar-refractivity contribution in [1.29, 1.82) is 0 Å². The van der Waals surface area contributed by atoms with Crippen LogP contribution in [-0.4, -0.2) is 59.9 Å². The van der Waals surface area contributed by atoms with Crippen LogP contribution in [0.3, 0.4) is 0 Å². The van der Waals surface area contributed by atoms with Crippen LogP contribution in [-0.2, 0) is 0 Å². The first-order chi connectivity index (χ1) is 13.9. The smallest absolute Gasteiger partial charge is 0.253 e. The minimum absolute atomic E-state index is 0.0338. The van der Waals surface area contributed by atoms with Gasteiger partial charge in [0.2, 0.25) is 0 Å². The van der Waals surface area contributed by atoms with E-state index in [1.807, 2.05) is 43.4 Å². The van der Waals surface area contributed by atoms with Crippen LogP contribution >= 0.6 is 11.3 Å². The summed E-state index contributed by atoms with van der Waals surface area (Å²) in [6, 6.07) is 10.8. The van der Waals surface area contributed by atoms with E-state index in [-0.39, 0.29) is 5.91 Å². The summed E-state index contributed by atoms with van der Waals surface area (Å²) in [5.74, 6) is 1.83. The normalized spacial score (nSPS) is 10.8. The maximum absolute atomic E-state index is 12.6. The first-order valence-electron chi connectivity index (χ1n) is 9.24. The van der Waals surface area contributed by atoms with Crippen molar-refractivity contribution in [3.05, 3.63) is 59.2 Å². The van der Waals surface area contributed by atoms with E-state index in [9.17, 15) is 4.79 Å². The molecule has 8 heteroatoms. The molecule has 1 aromatic carbocycles. The van der Waals surface area contributed by atoms with Crippen molar-refractivity contribution in [1.82, 2.24) is 19.8 Å². The number of nitrogens with zero attached hydrogens (tertiary/aromatic N) is 4. The second-order valence-electron chi connectivity index (χ2n) is 6.96. The molecule has 7 nitrogen and oxygen atoms in total. The Hall–Kier alpha value is -2.97. The van der Waals surface area contributed by atoms with Crippen LogP contribution in [0.25, 0.3) is 0 Å². The summed E-state index contributed by atoms with van der Waals surface area (Å²) >= 11 is 1.52. The number of hydrogen-bond donors (Lipinski definition) is 1. The molecule has 3 aromatic rings. The Balaban J connectivity index is 1.68. The fourth-order valence-electron chi connectivity index (χ4n) is 2.56. The molecule has 0 unspecified atom stereocenters. The lowest BCUT2D eigenvalue weighted by molar-refractivity contribution is 0.0786. The van der Waals surface area contributed by atoms with Gasteiger partial charge in [0.25, 0.3) is 5.91 Å². The predicted molar refractivity (Wildman–Crippen MR) is 116 cm³/mol. The standard InChI is InChI=1S/C21H25N5O2S/c1-15-14-29-21(23-15)24-19-13-18(8-9-22-19)28-17-7-5-6-16(12-17)20(27)26(4)11-10-25(2)3/h5-9,12-14H,10-11H2,1-4H3,(H,22,23,24). The van der Waals surface area contributed by atoms with Crippen molar-refractivity contribution >= 4 is 28.2 Å². The molecule has 0 aliphatic rings. The molecule has 3 rings (SSSR count).